The van der Waals surface area contributed by atoms with E-state index in [1.54, 1.807) is 6.92 Å². The summed E-state index contributed by atoms with van der Waals surface area (Å²) >= 11 is 0. The lowest BCUT2D eigenvalue weighted by Crippen LogP contribution is -2.36. The zero-order valence-corrected chi connectivity index (χ0v) is 10.4. The van der Waals surface area contributed by atoms with Gasteiger partial charge in [-0.1, -0.05) is 24.3 Å². The average Bonchev–Trinajstić information content (AvgIpc) is 2.32. The highest BCUT2D eigenvalue weighted by molar-refractivity contribution is 5.41. The monoisotopic (exact) mass is 247 g/mol. The fourth-order valence-electron chi connectivity index (χ4n) is 2.20. The highest BCUT2D eigenvalue weighted by atomic mass is 19.1. The van der Waals surface area contributed by atoms with E-state index in [1.165, 1.54) is 0 Å². The van der Waals surface area contributed by atoms with Gasteiger partial charge in [-0.15, -0.1) is 0 Å². The summed E-state index contributed by atoms with van der Waals surface area (Å²) in [5.41, 5.74) is 7.07. The van der Waals surface area contributed by atoms with E-state index in [-0.39, 0.29) is 5.56 Å². The van der Waals surface area contributed by atoms with Crippen molar-refractivity contribution in [1.29, 1.82) is 0 Å². The number of halogens is 2. The second-order valence-corrected chi connectivity index (χ2v) is 4.64. The van der Waals surface area contributed by atoms with Crippen LogP contribution in [0.4, 0.5) is 8.78 Å². The van der Waals surface area contributed by atoms with Gasteiger partial charge in [-0.2, -0.15) is 0 Å². The first-order valence-corrected chi connectivity index (χ1v) is 5.73. The summed E-state index contributed by atoms with van der Waals surface area (Å²) in [6, 6.07) is 10.8. The summed E-state index contributed by atoms with van der Waals surface area (Å²) in [4.78, 5) is 0. The van der Waals surface area contributed by atoms with E-state index in [0.29, 0.717) is 0 Å². The molecule has 0 aliphatic rings. The molecule has 0 aliphatic carbocycles. The van der Waals surface area contributed by atoms with Crippen LogP contribution in [0.5, 0.6) is 0 Å². The Kier molecular flexibility index (Phi) is 3.18. The topological polar surface area (TPSA) is 26.0 Å². The van der Waals surface area contributed by atoms with Crippen LogP contribution < -0.4 is 5.73 Å². The largest absolute Gasteiger partial charge is 0.318 e. The fraction of sp³-hybridized carbons (Fsp3) is 0.200. The standard InChI is InChI=1S/C15H15F2N/c1-10-5-3-4-6-12(10)15(2,18)13-9-11(16)7-8-14(13)17/h3-9H,18H2,1-2H3. The Morgan fingerprint density at radius 3 is 2.33 bits per heavy atom. The summed E-state index contributed by atoms with van der Waals surface area (Å²) in [6.45, 7) is 3.59. The lowest BCUT2D eigenvalue weighted by atomic mass is 9.83. The molecule has 0 heterocycles. The molecule has 0 radical (unpaired) electrons. The number of nitrogens with two attached hydrogens (primary N) is 1. The second-order valence-electron chi connectivity index (χ2n) is 4.64. The summed E-state index contributed by atoms with van der Waals surface area (Å²) in [6.07, 6.45) is 0. The van der Waals surface area contributed by atoms with Gasteiger partial charge in [-0.05, 0) is 43.2 Å². The molecular formula is C15H15F2N. The average molecular weight is 247 g/mol. The van der Waals surface area contributed by atoms with Gasteiger partial charge in [0.1, 0.15) is 11.6 Å². The molecule has 2 rings (SSSR count). The normalized spacial score (nSPS) is 14.3. The summed E-state index contributed by atoms with van der Waals surface area (Å²) in [5.74, 6) is -0.985. The predicted octanol–water partition coefficient (Wildman–Crippen LogP) is 3.50. The summed E-state index contributed by atoms with van der Waals surface area (Å²) in [7, 11) is 0. The number of hydrogen-bond donors (Lipinski definition) is 1. The van der Waals surface area contributed by atoms with E-state index in [1.807, 2.05) is 31.2 Å². The van der Waals surface area contributed by atoms with E-state index in [4.69, 9.17) is 5.73 Å². The van der Waals surface area contributed by atoms with Gasteiger partial charge in [0.25, 0.3) is 0 Å². The van der Waals surface area contributed by atoms with Gasteiger partial charge in [0.2, 0.25) is 0 Å². The molecule has 1 nitrogen and oxygen atoms in total. The van der Waals surface area contributed by atoms with E-state index in [0.717, 1.165) is 29.3 Å². The van der Waals surface area contributed by atoms with Crippen LogP contribution in [0.3, 0.4) is 0 Å². The van der Waals surface area contributed by atoms with Crippen LogP contribution in [0.25, 0.3) is 0 Å². The Morgan fingerprint density at radius 2 is 1.67 bits per heavy atom. The summed E-state index contributed by atoms with van der Waals surface area (Å²) in [5, 5.41) is 0. The third-order valence-corrected chi connectivity index (χ3v) is 3.19. The van der Waals surface area contributed by atoms with Crippen LogP contribution in [0, 0.1) is 18.6 Å². The lowest BCUT2D eigenvalue weighted by molar-refractivity contribution is 0.517. The van der Waals surface area contributed by atoms with Crippen LogP contribution in [0.1, 0.15) is 23.6 Å². The van der Waals surface area contributed by atoms with Gasteiger partial charge < -0.3 is 5.73 Å². The molecule has 0 saturated heterocycles. The van der Waals surface area contributed by atoms with Gasteiger partial charge in [0.15, 0.2) is 0 Å². The van der Waals surface area contributed by atoms with Crippen molar-refractivity contribution in [3.05, 3.63) is 70.8 Å². The molecule has 18 heavy (non-hydrogen) atoms. The maximum absolute atomic E-state index is 13.8. The Labute approximate surface area is 105 Å². The minimum absolute atomic E-state index is 0.164. The molecule has 2 aromatic carbocycles. The molecule has 0 bridgehead atoms. The smallest absolute Gasteiger partial charge is 0.128 e. The van der Waals surface area contributed by atoms with Crippen molar-refractivity contribution in [3.8, 4) is 0 Å². The maximum Gasteiger partial charge on any atom is 0.128 e. The van der Waals surface area contributed by atoms with E-state index in [2.05, 4.69) is 0 Å². The van der Waals surface area contributed by atoms with Crippen molar-refractivity contribution in [1.82, 2.24) is 0 Å². The Bertz CT molecular complexity index is 576. The number of hydrogen-bond acceptors (Lipinski definition) is 1. The Morgan fingerprint density at radius 1 is 1.00 bits per heavy atom. The molecule has 0 aliphatic heterocycles. The van der Waals surface area contributed by atoms with Gasteiger partial charge in [-0.25, -0.2) is 8.78 Å². The zero-order chi connectivity index (χ0) is 13.3. The molecule has 0 spiro atoms. The zero-order valence-electron chi connectivity index (χ0n) is 10.4. The number of benzene rings is 2. The summed E-state index contributed by atoms with van der Waals surface area (Å²) < 4.78 is 27.1. The van der Waals surface area contributed by atoms with Gasteiger partial charge in [0, 0.05) is 5.56 Å². The molecule has 0 amide bonds. The first-order chi connectivity index (χ1) is 8.43. The third kappa shape index (κ3) is 2.14. The van der Waals surface area contributed by atoms with Crippen molar-refractivity contribution in [2.24, 2.45) is 5.73 Å². The minimum atomic E-state index is -1.06. The van der Waals surface area contributed by atoms with Crippen molar-refractivity contribution >= 4 is 0 Å². The fourth-order valence-corrected chi connectivity index (χ4v) is 2.20. The first kappa shape index (κ1) is 12.7. The molecular weight excluding hydrogens is 232 g/mol. The molecule has 1 atom stereocenters. The number of aryl methyl sites for hydroxylation is 1. The predicted molar refractivity (Wildman–Crippen MR) is 68.2 cm³/mol. The lowest BCUT2D eigenvalue weighted by Gasteiger charge is -2.28. The Balaban J connectivity index is 2.61. The highest BCUT2D eigenvalue weighted by Gasteiger charge is 2.28. The van der Waals surface area contributed by atoms with Crippen molar-refractivity contribution in [2.45, 2.75) is 19.4 Å². The molecule has 2 N–H and O–H groups in total. The van der Waals surface area contributed by atoms with Crippen LogP contribution >= 0.6 is 0 Å². The van der Waals surface area contributed by atoms with Crippen LogP contribution in [0.15, 0.2) is 42.5 Å². The first-order valence-electron chi connectivity index (χ1n) is 5.73. The van der Waals surface area contributed by atoms with Gasteiger partial charge in [0.05, 0.1) is 5.54 Å². The van der Waals surface area contributed by atoms with Crippen molar-refractivity contribution in [3.63, 3.8) is 0 Å². The molecule has 2 aromatic rings. The Hall–Kier alpha value is -1.74. The molecule has 3 heteroatoms. The van der Waals surface area contributed by atoms with E-state index >= 15 is 0 Å². The molecule has 0 saturated carbocycles. The third-order valence-electron chi connectivity index (χ3n) is 3.19. The van der Waals surface area contributed by atoms with Gasteiger partial charge in [-0.3, -0.25) is 0 Å². The SMILES string of the molecule is Cc1ccccc1C(C)(N)c1cc(F)ccc1F. The van der Waals surface area contributed by atoms with Gasteiger partial charge >= 0.3 is 0 Å². The minimum Gasteiger partial charge on any atom is -0.318 e. The maximum atomic E-state index is 13.8. The second kappa shape index (κ2) is 4.50. The number of rotatable bonds is 2. The molecule has 0 fully saturated rings. The molecule has 0 aromatic heterocycles. The highest BCUT2D eigenvalue weighted by Crippen LogP contribution is 2.30. The van der Waals surface area contributed by atoms with Crippen LogP contribution in [0.2, 0.25) is 0 Å². The van der Waals surface area contributed by atoms with E-state index in [9.17, 15) is 8.78 Å². The van der Waals surface area contributed by atoms with Crippen molar-refractivity contribution < 1.29 is 8.78 Å². The van der Waals surface area contributed by atoms with Crippen molar-refractivity contribution in [2.75, 3.05) is 0 Å². The van der Waals surface area contributed by atoms with Crippen LogP contribution in [-0.4, -0.2) is 0 Å². The quantitative estimate of drug-likeness (QED) is 0.863. The molecule has 1 unspecified atom stereocenters. The van der Waals surface area contributed by atoms with E-state index < -0.39 is 17.2 Å². The molecule has 94 valence electrons. The van der Waals surface area contributed by atoms with Crippen LogP contribution in [-0.2, 0) is 5.54 Å².